The number of hydrogen-bond acceptors (Lipinski definition) is 3. The van der Waals surface area contributed by atoms with E-state index in [2.05, 4.69) is 41.4 Å². The first kappa shape index (κ1) is 16.3. The van der Waals surface area contributed by atoms with E-state index in [1.807, 2.05) is 0 Å². The van der Waals surface area contributed by atoms with E-state index < -0.39 is 0 Å². The van der Waals surface area contributed by atoms with Crippen molar-refractivity contribution in [2.24, 2.45) is 0 Å². The Bertz CT molecular complexity index is 371. The van der Waals surface area contributed by atoms with E-state index in [0.717, 1.165) is 45.1 Å². The molecule has 3 heteroatoms. The Balaban J connectivity index is 1.64. The molecule has 0 spiro atoms. The number of hydrogen-bond donors (Lipinski definition) is 1. The summed E-state index contributed by atoms with van der Waals surface area (Å²) in [6.45, 7) is 8.67. The van der Waals surface area contributed by atoms with Gasteiger partial charge >= 0.3 is 0 Å². The van der Waals surface area contributed by atoms with Gasteiger partial charge in [0.25, 0.3) is 0 Å². The first-order valence-electron chi connectivity index (χ1n) is 8.53. The molecular weight excluding hydrogens is 260 g/mol. The van der Waals surface area contributed by atoms with Crippen molar-refractivity contribution in [3.8, 4) is 5.75 Å². The molecular formula is C18H30N2O. The Morgan fingerprint density at radius 2 is 1.71 bits per heavy atom. The standard InChI is InChI=1S/C18H30N2O/c1-2-3-4-5-6-15-21-18-9-7-17(8-10-18)16-20-13-11-19-12-14-20/h7-10,19H,2-6,11-16H2,1H3. The molecule has 1 aliphatic heterocycles. The first-order chi connectivity index (χ1) is 10.4. The van der Waals surface area contributed by atoms with Gasteiger partial charge in [0.15, 0.2) is 0 Å². The predicted octanol–water partition coefficient (Wildman–Crippen LogP) is 3.44. The molecule has 21 heavy (non-hydrogen) atoms. The van der Waals surface area contributed by atoms with Crippen molar-refractivity contribution in [3.63, 3.8) is 0 Å². The van der Waals surface area contributed by atoms with Gasteiger partial charge in [-0.05, 0) is 24.1 Å². The third-order valence-electron chi connectivity index (χ3n) is 4.06. The van der Waals surface area contributed by atoms with E-state index in [-0.39, 0.29) is 0 Å². The van der Waals surface area contributed by atoms with E-state index in [9.17, 15) is 0 Å². The number of rotatable bonds is 9. The second-order valence-corrected chi connectivity index (χ2v) is 5.93. The summed E-state index contributed by atoms with van der Waals surface area (Å²) in [5.41, 5.74) is 1.38. The summed E-state index contributed by atoms with van der Waals surface area (Å²) in [6, 6.07) is 8.63. The summed E-state index contributed by atoms with van der Waals surface area (Å²) in [5, 5.41) is 3.39. The molecule has 0 atom stereocenters. The molecule has 1 saturated heterocycles. The summed E-state index contributed by atoms with van der Waals surface area (Å²) >= 11 is 0. The maximum absolute atomic E-state index is 5.81. The molecule has 1 N–H and O–H groups in total. The molecule has 0 bridgehead atoms. The monoisotopic (exact) mass is 290 g/mol. The van der Waals surface area contributed by atoms with Gasteiger partial charge in [0, 0.05) is 32.7 Å². The lowest BCUT2D eigenvalue weighted by Crippen LogP contribution is -2.42. The van der Waals surface area contributed by atoms with E-state index >= 15 is 0 Å². The first-order valence-corrected chi connectivity index (χ1v) is 8.53. The number of piperazine rings is 1. The van der Waals surface area contributed by atoms with Crippen molar-refractivity contribution >= 4 is 0 Å². The fraction of sp³-hybridized carbons (Fsp3) is 0.667. The zero-order valence-electron chi connectivity index (χ0n) is 13.4. The van der Waals surface area contributed by atoms with Crippen molar-refractivity contribution < 1.29 is 4.74 Å². The fourth-order valence-corrected chi connectivity index (χ4v) is 2.71. The lowest BCUT2D eigenvalue weighted by molar-refractivity contribution is 0.233. The fourth-order valence-electron chi connectivity index (χ4n) is 2.71. The van der Waals surface area contributed by atoms with Gasteiger partial charge in [0.05, 0.1) is 6.61 Å². The molecule has 1 fully saturated rings. The summed E-state index contributed by atoms with van der Waals surface area (Å²) in [6.07, 6.45) is 6.44. The largest absolute Gasteiger partial charge is 0.494 e. The molecule has 1 aromatic rings. The van der Waals surface area contributed by atoms with Crippen molar-refractivity contribution in [1.82, 2.24) is 10.2 Å². The van der Waals surface area contributed by atoms with Gasteiger partial charge in [0.1, 0.15) is 5.75 Å². The second-order valence-electron chi connectivity index (χ2n) is 5.93. The zero-order valence-corrected chi connectivity index (χ0v) is 13.4. The number of nitrogens with one attached hydrogen (secondary N) is 1. The minimum Gasteiger partial charge on any atom is -0.494 e. The van der Waals surface area contributed by atoms with Gasteiger partial charge in [-0.2, -0.15) is 0 Å². The van der Waals surface area contributed by atoms with Gasteiger partial charge in [-0.15, -0.1) is 0 Å². The molecule has 0 amide bonds. The van der Waals surface area contributed by atoms with E-state index in [0.29, 0.717) is 0 Å². The normalized spacial score (nSPS) is 16.0. The number of nitrogens with zero attached hydrogens (tertiary/aromatic N) is 1. The molecule has 0 radical (unpaired) electrons. The molecule has 0 aromatic heterocycles. The van der Waals surface area contributed by atoms with Gasteiger partial charge < -0.3 is 10.1 Å². The molecule has 118 valence electrons. The number of ether oxygens (including phenoxy) is 1. The molecule has 0 unspecified atom stereocenters. The summed E-state index contributed by atoms with van der Waals surface area (Å²) in [7, 11) is 0. The number of benzene rings is 1. The minimum atomic E-state index is 0.848. The van der Waals surface area contributed by atoms with Gasteiger partial charge in [-0.1, -0.05) is 44.7 Å². The van der Waals surface area contributed by atoms with Crippen LogP contribution in [0.3, 0.4) is 0 Å². The van der Waals surface area contributed by atoms with Crippen LogP contribution in [0, 0.1) is 0 Å². The molecule has 1 heterocycles. The van der Waals surface area contributed by atoms with Crippen LogP contribution in [0.25, 0.3) is 0 Å². The average Bonchev–Trinajstić information content (AvgIpc) is 2.53. The Morgan fingerprint density at radius 1 is 1.00 bits per heavy atom. The number of unbranched alkanes of at least 4 members (excludes halogenated alkanes) is 4. The quantitative estimate of drug-likeness (QED) is 0.705. The third kappa shape index (κ3) is 6.49. The van der Waals surface area contributed by atoms with Crippen LogP contribution in [-0.2, 0) is 6.54 Å². The van der Waals surface area contributed by atoms with Gasteiger partial charge in [-0.3, -0.25) is 4.90 Å². The maximum atomic E-state index is 5.81. The maximum Gasteiger partial charge on any atom is 0.119 e. The average molecular weight is 290 g/mol. The molecule has 3 nitrogen and oxygen atoms in total. The van der Waals surface area contributed by atoms with Crippen LogP contribution in [0.15, 0.2) is 24.3 Å². The lowest BCUT2D eigenvalue weighted by atomic mass is 10.1. The molecule has 0 saturated carbocycles. The smallest absolute Gasteiger partial charge is 0.119 e. The highest BCUT2D eigenvalue weighted by Crippen LogP contribution is 2.14. The molecule has 0 aliphatic carbocycles. The van der Waals surface area contributed by atoms with Crippen LogP contribution in [0.1, 0.15) is 44.6 Å². The van der Waals surface area contributed by atoms with Crippen molar-refractivity contribution in [2.45, 2.75) is 45.6 Å². The van der Waals surface area contributed by atoms with Crippen molar-refractivity contribution in [1.29, 1.82) is 0 Å². The highest BCUT2D eigenvalue weighted by Gasteiger charge is 2.09. The zero-order chi connectivity index (χ0) is 14.8. The van der Waals surface area contributed by atoms with E-state index in [1.54, 1.807) is 0 Å². The van der Waals surface area contributed by atoms with Gasteiger partial charge in [0.2, 0.25) is 0 Å². The van der Waals surface area contributed by atoms with Crippen molar-refractivity contribution in [3.05, 3.63) is 29.8 Å². The van der Waals surface area contributed by atoms with Crippen LogP contribution in [0.2, 0.25) is 0 Å². The van der Waals surface area contributed by atoms with Crippen molar-refractivity contribution in [2.75, 3.05) is 32.8 Å². The predicted molar refractivity (Wildman–Crippen MR) is 88.8 cm³/mol. The Labute approximate surface area is 129 Å². The van der Waals surface area contributed by atoms with Crippen LogP contribution in [0.4, 0.5) is 0 Å². The SMILES string of the molecule is CCCCCCCOc1ccc(CN2CCNCC2)cc1. The summed E-state index contributed by atoms with van der Waals surface area (Å²) < 4.78 is 5.81. The van der Waals surface area contributed by atoms with E-state index in [1.165, 1.54) is 37.7 Å². The highest BCUT2D eigenvalue weighted by atomic mass is 16.5. The third-order valence-corrected chi connectivity index (χ3v) is 4.06. The Kier molecular flexibility index (Phi) is 7.61. The molecule has 1 aliphatic rings. The van der Waals surface area contributed by atoms with Gasteiger partial charge in [-0.25, -0.2) is 0 Å². The topological polar surface area (TPSA) is 24.5 Å². The lowest BCUT2D eigenvalue weighted by Gasteiger charge is -2.27. The van der Waals surface area contributed by atoms with Crippen LogP contribution >= 0.6 is 0 Å². The molecule has 2 rings (SSSR count). The van der Waals surface area contributed by atoms with E-state index in [4.69, 9.17) is 4.74 Å². The summed E-state index contributed by atoms with van der Waals surface area (Å²) in [4.78, 5) is 2.50. The second kappa shape index (κ2) is 9.80. The van der Waals surface area contributed by atoms with Crippen LogP contribution < -0.4 is 10.1 Å². The Morgan fingerprint density at radius 3 is 2.43 bits per heavy atom. The highest BCUT2D eigenvalue weighted by molar-refractivity contribution is 5.27. The minimum absolute atomic E-state index is 0.848. The van der Waals surface area contributed by atoms with Crippen LogP contribution in [-0.4, -0.2) is 37.7 Å². The molecule has 1 aromatic carbocycles. The van der Waals surface area contributed by atoms with Crippen LogP contribution in [0.5, 0.6) is 5.75 Å². The Hall–Kier alpha value is -1.06. The summed E-state index contributed by atoms with van der Waals surface area (Å²) in [5.74, 6) is 1.01.